The summed E-state index contributed by atoms with van der Waals surface area (Å²) in [5, 5.41) is 0. The molecule has 2 aromatic rings. The summed E-state index contributed by atoms with van der Waals surface area (Å²) in [5.41, 5.74) is 6.07. The van der Waals surface area contributed by atoms with Crippen LogP contribution in [0.1, 0.15) is 23.6 Å². The lowest BCUT2D eigenvalue weighted by molar-refractivity contribution is -0.137. The van der Waals surface area contributed by atoms with Crippen molar-refractivity contribution in [3.63, 3.8) is 0 Å². The molecule has 112 valence electrons. The molecular formula is C16H15F4N. The van der Waals surface area contributed by atoms with Gasteiger partial charge in [-0.2, -0.15) is 13.2 Å². The molecule has 0 saturated heterocycles. The van der Waals surface area contributed by atoms with Gasteiger partial charge in [-0.25, -0.2) is 4.39 Å². The molecular weight excluding hydrogens is 282 g/mol. The normalized spacial score (nSPS) is 14.8. The average molecular weight is 297 g/mol. The van der Waals surface area contributed by atoms with Crippen molar-refractivity contribution in [3.8, 4) is 0 Å². The number of rotatable bonds is 3. The molecule has 0 aliphatic carbocycles. The molecule has 0 aliphatic heterocycles. The van der Waals surface area contributed by atoms with Gasteiger partial charge in [0.15, 0.2) is 0 Å². The lowest BCUT2D eigenvalue weighted by Gasteiger charge is -2.26. The Kier molecular flexibility index (Phi) is 4.05. The number of hydrogen-bond acceptors (Lipinski definition) is 1. The van der Waals surface area contributed by atoms with E-state index in [0.717, 1.165) is 17.7 Å². The maximum atomic E-state index is 12.9. The quantitative estimate of drug-likeness (QED) is 0.842. The van der Waals surface area contributed by atoms with Crippen LogP contribution < -0.4 is 5.73 Å². The van der Waals surface area contributed by atoms with Gasteiger partial charge in [-0.1, -0.05) is 24.3 Å². The topological polar surface area (TPSA) is 26.0 Å². The van der Waals surface area contributed by atoms with Gasteiger partial charge in [-0.15, -0.1) is 0 Å². The summed E-state index contributed by atoms with van der Waals surface area (Å²) in [6.45, 7) is 1.74. The van der Waals surface area contributed by atoms with E-state index in [9.17, 15) is 17.6 Å². The average Bonchev–Trinajstić information content (AvgIpc) is 2.40. The van der Waals surface area contributed by atoms with Gasteiger partial charge in [0, 0.05) is 5.54 Å². The highest BCUT2D eigenvalue weighted by atomic mass is 19.4. The summed E-state index contributed by atoms with van der Waals surface area (Å²) in [7, 11) is 0. The van der Waals surface area contributed by atoms with E-state index in [4.69, 9.17) is 5.73 Å². The first-order valence-corrected chi connectivity index (χ1v) is 6.39. The molecule has 0 aromatic heterocycles. The van der Waals surface area contributed by atoms with Crippen molar-refractivity contribution in [1.82, 2.24) is 0 Å². The first-order valence-electron chi connectivity index (χ1n) is 6.39. The van der Waals surface area contributed by atoms with Crippen LogP contribution in [-0.2, 0) is 18.1 Å². The van der Waals surface area contributed by atoms with Crippen LogP contribution in [0, 0.1) is 5.82 Å². The number of alkyl halides is 3. The molecule has 1 nitrogen and oxygen atoms in total. The van der Waals surface area contributed by atoms with Gasteiger partial charge in [-0.3, -0.25) is 0 Å². The van der Waals surface area contributed by atoms with E-state index in [1.807, 2.05) is 0 Å². The molecule has 0 aliphatic rings. The highest BCUT2D eigenvalue weighted by Crippen LogP contribution is 2.31. The second kappa shape index (κ2) is 5.48. The Morgan fingerprint density at radius 3 is 1.81 bits per heavy atom. The second-order valence-corrected chi connectivity index (χ2v) is 5.30. The molecule has 5 heteroatoms. The third kappa shape index (κ3) is 3.82. The van der Waals surface area contributed by atoms with Crippen LogP contribution in [0.3, 0.4) is 0 Å². The van der Waals surface area contributed by atoms with Crippen molar-refractivity contribution < 1.29 is 17.6 Å². The fourth-order valence-corrected chi connectivity index (χ4v) is 2.17. The molecule has 0 saturated carbocycles. The molecule has 0 amide bonds. The molecule has 2 aromatic carbocycles. The largest absolute Gasteiger partial charge is 0.416 e. The van der Waals surface area contributed by atoms with E-state index in [-0.39, 0.29) is 5.82 Å². The fraction of sp³-hybridized carbons (Fsp3) is 0.250. The summed E-state index contributed by atoms with van der Waals surface area (Å²) >= 11 is 0. The van der Waals surface area contributed by atoms with Crippen molar-refractivity contribution in [2.75, 3.05) is 0 Å². The van der Waals surface area contributed by atoms with Crippen molar-refractivity contribution in [2.45, 2.75) is 25.1 Å². The fourth-order valence-electron chi connectivity index (χ4n) is 2.17. The van der Waals surface area contributed by atoms with Crippen LogP contribution in [0.2, 0.25) is 0 Å². The van der Waals surface area contributed by atoms with E-state index < -0.39 is 17.3 Å². The predicted octanol–water partition coefficient (Wildman–Crippen LogP) is 4.26. The first-order chi connectivity index (χ1) is 9.68. The summed E-state index contributed by atoms with van der Waals surface area (Å²) < 4.78 is 50.5. The Hall–Kier alpha value is -1.88. The summed E-state index contributed by atoms with van der Waals surface area (Å²) in [6.07, 6.45) is -3.96. The molecule has 0 radical (unpaired) electrons. The first kappa shape index (κ1) is 15.5. The van der Waals surface area contributed by atoms with Gasteiger partial charge < -0.3 is 5.73 Å². The molecule has 2 rings (SSSR count). The van der Waals surface area contributed by atoms with Crippen molar-refractivity contribution >= 4 is 0 Å². The number of benzene rings is 2. The van der Waals surface area contributed by atoms with Gasteiger partial charge in [0.1, 0.15) is 5.82 Å². The van der Waals surface area contributed by atoms with Crippen LogP contribution in [0.25, 0.3) is 0 Å². The highest BCUT2D eigenvalue weighted by molar-refractivity contribution is 5.31. The SMILES string of the molecule is CC(N)(Cc1ccc(F)cc1)c1ccc(C(F)(F)F)cc1. The smallest absolute Gasteiger partial charge is 0.321 e. The summed E-state index contributed by atoms with van der Waals surface area (Å²) in [6, 6.07) is 10.7. The Labute approximate surface area is 120 Å². The molecule has 1 unspecified atom stereocenters. The maximum Gasteiger partial charge on any atom is 0.416 e. The number of hydrogen-bond donors (Lipinski definition) is 1. The molecule has 0 heterocycles. The highest BCUT2D eigenvalue weighted by Gasteiger charge is 2.31. The monoisotopic (exact) mass is 297 g/mol. The minimum Gasteiger partial charge on any atom is -0.321 e. The van der Waals surface area contributed by atoms with Crippen LogP contribution in [0.5, 0.6) is 0 Å². The van der Waals surface area contributed by atoms with Crippen molar-refractivity contribution in [1.29, 1.82) is 0 Å². The lowest BCUT2D eigenvalue weighted by atomic mass is 9.86. The van der Waals surface area contributed by atoms with Gasteiger partial charge in [-0.05, 0) is 48.7 Å². The van der Waals surface area contributed by atoms with E-state index in [0.29, 0.717) is 12.0 Å². The van der Waals surface area contributed by atoms with Crippen LogP contribution in [-0.4, -0.2) is 0 Å². The number of halogens is 4. The molecule has 0 spiro atoms. The van der Waals surface area contributed by atoms with E-state index >= 15 is 0 Å². The molecule has 1 atom stereocenters. The summed E-state index contributed by atoms with van der Waals surface area (Å²) in [4.78, 5) is 0. The van der Waals surface area contributed by atoms with Gasteiger partial charge in [0.25, 0.3) is 0 Å². The Bertz CT molecular complexity index is 598. The van der Waals surface area contributed by atoms with Crippen LogP contribution in [0.15, 0.2) is 48.5 Å². The summed E-state index contributed by atoms with van der Waals surface area (Å²) in [5.74, 6) is -0.341. The van der Waals surface area contributed by atoms with Gasteiger partial charge in [0.05, 0.1) is 5.56 Å². The minimum atomic E-state index is -4.36. The van der Waals surface area contributed by atoms with Crippen molar-refractivity contribution in [2.24, 2.45) is 5.73 Å². The van der Waals surface area contributed by atoms with E-state index in [2.05, 4.69) is 0 Å². The van der Waals surface area contributed by atoms with Gasteiger partial charge in [0.2, 0.25) is 0 Å². The molecule has 0 bridgehead atoms. The van der Waals surface area contributed by atoms with Crippen LogP contribution >= 0.6 is 0 Å². The zero-order chi connectivity index (χ0) is 15.7. The molecule has 2 N–H and O–H groups in total. The third-order valence-corrected chi connectivity index (χ3v) is 3.36. The Morgan fingerprint density at radius 1 is 0.857 bits per heavy atom. The molecule has 0 fully saturated rings. The zero-order valence-electron chi connectivity index (χ0n) is 11.4. The third-order valence-electron chi connectivity index (χ3n) is 3.36. The Morgan fingerprint density at radius 2 is 1.33 bits per heavy atom. The minimum absolute atomic E-state index is 0.341. The van der Waals surface area contributed by atoms with Crippen molar-refractivity contribution in [3.05, 3.63) is 71.0 Å². The molecule has 21 heavy (non-hydrogen) atoms. The van der Waals surface area contributed by atoms with Gasteiger partial charge >= 0.3 is 6.18 Å². The van der Waals surface area contributed by atoms with Crippen LogP contribution in [0.4, 0.5) is 17.6 Å². The maximum absolute atomic E-state index is 12.9. The Balaban J connectivity index is 2.21. The standard InChI is InChI=1S/C16H15F4N/c1-15(21,10-11-2-8-14(17)9-3-11)12-4-6-13(7-5-12)16(18,19)20/h2-9H,10,21H2,1H3. The number of nitrogens with two attached hydrogens (primary N) is 1. The predicted molar refractivity (Wildman–Crippen MR) is 73.1 cm³/mol. The second-order valence-electron chi connectivity index (χ2n) is 5.30. The zero-order valence-corrected chi connectivity index (χ0v) is 11.4. The van der Waals surface area contributed by atoms with E-state index in [1.165, 1.54) is 24.3 Å². The lowest BCUT2D eigenvalue weighted by Crippen LogP contribution is -2.35. The van der Waals surface area contributed by atoms with E-state index in [1.54, 1.807) is 19.1 Å².